The highest BCUT2D eigenvalue weighted by Gasteiger charge is 2.13. The molecule has 0 aliphatic carbocycles. The van der Waals surface area contributed by atoms with E-state index < -0.39 is 10.0 Å². The Hall–Kier alpha value is -1.96. The van der Waals surface area contributed by atoms with E-state index >= 15 is 0 Å². The average molecular weight is 347 g/mol. The number of hydrogen-bond acceptors (Lipinski definition) is 4. The molecule has 0 fully saturated rings. The summed E-state index contributed by atoms with van der Waals surface area (Å²) in [7, 11) is -3.47. The van der Waals surface area contributed by atoms with Gasteiger partial charge in [0.2, 0.25) is 10.0 Å². The van der Waals surface area contributed by atoms with E-state index in [1.165, 1.54) is 0 Å². The fourth-order valence-electron chi connectivity index (χ4n) is 2.14. The predicted octanol–water partition coefficient (Wildman–Crippen LogP) is 2.90. The lowest BCUT2D eigenvalue weighted by Crippen LogP contribution is -2.27. The SMILES string of the molecule is Cc1ccc(S(=O)(=O)NCCn2ccc(-c3cccs3)n2)cc1. The van der Waals surface area contributed by atoms with E-state index in [4.69, 9.17) is 0 Å². The standard InChI is InChI=1S/C16H17N3O2S2/c1-13-4-6-14(7-5-13)23(20,21)17-9-11-19-10-8-15(18-19)16-3-2-12-22-16/h2-8,10,12,17H,9,11H2,1H3. The molecule has 1 N–H and O–H groups in total. The number of nitrogens with zero attached hydrogens (tertiary/aromatic N) is 2. The summed E-state index contributed by atoms with van der Waals surface area (Å²) < 4.78 is 28.7. The smallest absolute Gasteiger partial charge is 0.240 e. The highest BCUT2D eigenvalue weighted by molar-refractivity contribution is 7.89. The Bertz CT molecular complexity index is 866. The molecule has 0 saturated carbocycles. The molecule has 3 aromatic rings. The summed E-state index contributed by atoms with van der Waals surface area (Å²) in [6.45, 7) is 2.70. The summed E-state index contributed by atoms with van der Waals surface area (Å²) in [5, 5.41) is 6.45. The molecule has 5 nitrogen and oxygen atoms in total. The Morgan fingerprint density at radius 3 is 2.65 bits per heavy atom. The van der Waals surface area contributed by atoms with Crippen LogP contribution in [0.3, 0.4) is 0 Å². The Morgan fingerprint density at radius 2 is 1.96 bits per heavy atom. The summed E-state index contributed by atoms with van der Waals surface area (Å²) in [4.78, 5) is 1.38. The largest absolute Gasteiger partial charge is 0.271 e. The summed E-state index contributed by atoms with van der Waals surface area (Å²) in [6.07, 6.45) is 1.86. The molecule has 23 heavy (non-hydrogen) atoms. The summed E-state index contributed by atoms with van der Waals surface area (Å²) in [6, 6.07) is 12.7. The van der Waals surface area contributed by atoms with Crippen molar-refractivity contribution in [2.45, 2.75) is 18.4 Å². The van der Waals surface area contributed by atoms with Gasteiger partial charge in [0.05, 0.1) is 16.3 Å². The fraction of sp³-hybridized carbons (Fsp3) is 0.188. The molecular formula is C16H17N3O2S2. The monoisotopic (exact) mass is 347 g/mol. The first kappa shape index (κ1) is 15.9. The molecule has 1 aromatic carbocycles. The first-order valence-corrected chi connectivity index (χ1v) is 9.54. The number of sulfonamides is 1. The van der Waals surface area contributed by atoms with Gasteiger partial charge in [0.15, 0.2) is 0 Å². The Kier molecular flexibility index (Phi) is 4.61. The highest BCUT2D eigenvalue weighted by atomic mass is 32.2. The van der Waals surface area contributed by atoms with E-state index in [-0.39, 0.29) is 4.90 Å². The van der Waals surface area contributed by atoms with Crippen molar-refractivity contribution < 1.29 is 8.42 Å². The van der Waals surface area contributed by atoms with Crippen LogP contribution in [0.25, 0.3) is 10.6 Å². The van der Waals surface area contributed by atoms with Crippen molar-refractivity contribution in [2.75, 3.05) is 6.54 Å². The molecule has 0 aliphatic heterocycles. The number of benzene rings is 1. The normalized spacial score (nSPS) is 11.7. The van der Waals surface area contributed by atoms with E-state index in [9.17, 15) is 8.42 Å². The highest BCUT2D eigenvalue weighted by Crippen LogP contribution is 2.22. The maximum atomic E-state index is 12.2. The third-order valence-electron chi connectivity index (χ3n) is 3.38. The molecule has 0 radical (unpaired) electrons. The second kappa shape index (κ2) is 6.66. The van der Waals surface area contributed by atoms with Crippen LogP contribution >= 0.6 is 11.3 Å². The van der Waals surface area contributed by atoms with Crippen molar-refractivity contribution in [1.29, 1.82) is 0 Å². The molecule has 0 aliphatic rings. The second-order valence-electron chi connectivity index (χ2n) is 5.15. The van der Waals surface area contributed by atoms with Crippen LogP contribution in [0.4, 0.5) is 0 Å². The molecule has 7 heteroatoms. The van der Waals surface area contributed by atoms with Gasteiger partial charge in [0.1, 0.15) is 5.69 Å². The van der Waals surface area contributed by atoms with Crippen molar-refractivity contribution in [2.24, 2.45) is 0 Å². The first-order valence-electron chi connectivity index (χ1n) is 7.18. The van der Waals surface area contributed by atoms with Crippen molar-refractivity contribution >= 4 is 21.4 Å². The van der Waals surface area contributed by atoms with E-state index in [1.54, 1.807) is 40.3 Å². The van der Waals surface area contributed by atoms with Crippen LogP contribution in [0.5, 0.6) is 0 Å². The zero-order valence-corrected chi connectivity index (χ0v) is 14.3. The van der Waals surface area contributed by atoms with Crippen LogP contribution in [0.1, 0.15) is 5.56 Å². The Balaban J connectivity index is 1.60. The maximum Gasteiger partial charge on any atom is 0.240 e. The molecule has 120 valence electrons. The summed E-state index contributed by atoms with van der Waals surface area (Å²) in [5.41, 5.74) is 1.93. The van der Waals surface area contributed by atoms with E-state index in [2.05, 4.69) is 9.82 Å². The lowest BCUT2D eigenvalue weighted by Gasteiger charge is -2.07. The quantitative estimate of drug-likeness (QED) is 0.746. The minimum Gasteiger partial charge on any atom is -0.271 e. The molecule has 3 rings (SSSR count). The molecule has 0 amide bonds. The third kappa shape index (κ3) is 3.87. The van der Waals surface area contributed by atoms with E-state index in [1.807, 2.05) is 36.7 Å². The number of thiophene rings is 1. The fourth-order valence-corrected chi connectivity index (χ4v) is 3.85. The minimum absolute atomic E-state index is 0.280. The van der Waals surface area contributed by atoms with Crippen molar-refractivity contribution in [3.63, 3.8) is 0 Å². The van der Waals surface area contributed by atoms with Crippen LogP contribution in [0.15, 0.2) is 58.9 Å². The number of rotatable bonds is 6. The number of nitrogens with one attached hydrogen (secondary N) is 1. The minimum atomic E-state index is -3.47. The lowest BCUT2D eigenvalue weighted by molar-refractivity contribution is 0.561. The number of hydrogen-bond donors (Lipinski definition) is 1. The summed E-state index contributed by atoms with van der Waals surface area (Å²) >= 11 is 1.63. The van der Waals surface area contributed by atoms with Gasteiger partial charge in [0, 0.05) is 12.7 Å². The van der Waals surface area contributed by atoms with Crippen LogP contribution in [0, 0.1) is 6.92 Å². The van der Waals surface area contributed by atoms with Crippen molar-refractivity contribution in [3.8, 4) is 10.6 Å². The van der Waals surface area contributed by atoms with Crippen molar-refractivity contribution in [1.82, 2.24) is 14.5 Å². The average Bonchev–Trinajstić information content (AvgIpc) is 3.18. The summed E-state index contributed by atoms with van der Waals surface area (Å²) in [5.74, 6) is 0. The predicted molar refractivity (Wildman–Crippen MR) is 91.9 cm³/mol. The van der Waals surface area contributed by atoms with Gasteiger partial charge < -0.3 is 0 Å². The van der Waals surface area contributed by atoms with E-state index in [0.717, 1.165) is 16.1 Å². The molecule has 0 bridgehead atoms. The van der Waals surface area contributed by atoms with Gasteiger partial charge in [-0.2, -0.15) is 5.10 Å². The zero-order chi connectivity index (χ0) is 16.3. The number of aryl methyl sites for hydroxylation is 1. The Morgan fingerprint density at radius 1 is 1.17 bits per heavy atom. The molecular weight excluding hydrogens is 330 g/mol. The molecule has 0 unspecified atom stereocenters. The van der Waals surface area contributed by atoms with Crippen LogP contribution in [-0.2, 0) is 16.6 Å². The zero-order valence-electron chi connectivity index (χ0n) is 12.6. The maximum absolute atomic E-state index is 12.2. The van der Waals surface area contributed by atoms with Gasteiger partial charge in [-0.1, -0.05) is 23.8 Å². The lowest BCUT2D eigenvalue weighted by atomic mass is 10.2. The van der Waals surface area contributed by atoms with Crippen LogP contribution in [0.2, 0.25) is 0 Å². The van der Waals surface area contributed by atoms with Crippen LogP contribution in [-0.4, -0.2) is 24.7 Å². The van der Waals surface area contributed by atoms with Gasteiger partial charge in [-0.3, -0.25) is 4.68 Å². The Labute approximate surface area is 139 Å². The molecule has 0 atom stereocenters. The van der Waals surface area contributed by atoms with Gasteiger partial charge >= 0.3 is 0 Å². The topological polar surface area (TPSA) is 64.0 Å². The third-order valence-corrected chi connectivity index (χ3v) is 5.75. The molecule has 0 saturated heterocycles. The van der Waals surface area contributed by atoms with Crippen molar-refractivity contribution in [3.05, 3.63) is 59.6 Å². The van der Waals surface area contributed by atoms with E-state index in [0.29, 0.717) is 13.1 Å². The molecule has 0 spiro atoms. The number of aromatic nitrogens is 2. The van der Waals surface area contributed by atoms with Gasteiger partial charge in [0.25, 0.3) is 0 Å². The van der Waals surface area contributed by atoms with Gasteiger partial charge in [-0.25, -0.2) is 13.1 Å². The van der Waals surface area contributed by atoms with Gasteiger partial charge in [-0.15, -0.1) is 11.3 Å². The molecule has 2 aromatic heterocycles. The van der Waals surface area contributed by atoms with Crippen LogP contribution < -0.4 is 4.72 Å². The first-order chi connectivity index (χ1) is 11.0. The van der Waals surface area contributed by atoms with Gasteiger partial charge in [-0.05, 0) is 36.6 Å². The second-order valence-corrected chi connectivity index (χ2v) is 7.87. The molecule has 2 heterocycles.